The fraction of sp³-hybridized carbons (Fsp3) is 0.222. The van der Waals surface area contributed by atoms with Crippen LogP contribution in [0.5, 0.6) is 5.75 Å². The monoisotopic (exact) mass is 292 g/mol. The van der Waals surface area contributed by atoms with Gasteiger partial charge < -0.3 is 9.64 Å². The van der Waals surface area contributed by atoms with Crippen molar-refractivity contribution in [3.8, 4) is 11.8 Å². The number of hydrogen-bond acceptors (Lipinski definition) is 3. The van der Waals surface area contributed by atoms with E-state index in [2.05, 4.69) is 6.07 Å². The summed E-state index contributed by atoms with van der Waals surface area (Å²) < 4.78 is 5.71. The van der Waals surface area contributed by atoms with Gasteiger partial charge in [-0.15, -0.1) is 0 Å². The molecule has 0 radical (unpaired) electrons. The van der Waals surface area contributed by atoms with E-state index in [4.69, 9.17) is 10.00 Å². The second-order valence-corrected chi connectivity index (χ2v) is 5.24. The zero-order valence-corrected chi connectivity index (χ0v) is 12.3. The standard InChI is InChI=1S/C18H16N2O2/c1-13(22-17-9-5-3-7-15(17)12-19)18(21)20-11-10-14-6-2-4-8-16(14)20/h2-9,13H,10-11H2,1H3/t13-/m1/s1. The Morgan fingerprint density at radius 1 is 1.23 bits per heavy atom. The molecule has 0 saturated heterocycles. The van der Waals surface area contributed by atoms with Gasteiger partial charge in [0.05, 0.1) is 5.56 Å². The molecule has 1 amide bonds. The summed E-state index contributed by atoms with van der Waals surface area (Å²) in [7, 11) is 0. The number of carbonyl (C=O) groups excluding carboxylic acids is 1. The molecule has 1 aliphatic heterocycles. The molecule has 0 unspecified atom stereocenters. The van der Waals surface area contributed by atoms with Gasteiger partial charge in [-0.1, -0.05) is 30.3 Å². The summed E-state index contributed by atoms with van der Waals surface area (Å²) in [6.45, 7) is 2.39. The maximum absolute atomic E-state index is 12.6. The van der Waals surface area contributed by atoms with Crippen LogP contribution in [0.15, 0.2) is 48.5 Å². The van der Waals surface area contributed by atoms with Crippen LogP contribution in [-0.2, 0) is 11.2 Å². The van der Waals surface area contributed by atoms with Crippen molar-refractivity contribution in [2.75, 3.05) is 11.4 Å². The van der Waals surface area contributed by atoms with Crippen molar-refractivity contribution in [3.63, 3.8) is 0 Å². The Morgan fingerprint density at radius 2 is 1.95 bits per heavy atom. The van der Waals surface area contributed by atoms with Gasteiger partial charge in [-0.3, -0.25) is 4.79 Å². The average Bonchev–Trinajstić information content (AvgIpc) is 2.98. The molecule has 0 spiro atoms. The van der Waals surface area contributed by atoms with E-state index in [1.807, 2.05) is 24.3 Å². The second-order valence-electron chi connectivity index (χ2n) is 5.24. The molecule has 22 heavy (non-hydrogen) atoms. The maximum atomic E-state index is 12.6. The van der Waals surface area contributed by atoms with E-state index in [1.165, 1.54) is 5.56 Å². The minimum Gasteiger partial charge on any atom is -0.479 e. The molecule has 0 saturated carbocycles. The molecule has 0 N–H and O–H groups in total. The zero-order valence-electron chi connectivity index (χ0n) is 12.3. The van der Waals surface area contributed by atoms with Crippen molar-refractivity contribution in [2.45, 2.75) is 19.4 Å². The first kappa shape index (κ1) is 14.2. The summed E-state index contributed by atoms with van der Waals surface area (Å²) in [5.74, 6) is 0.357. The predicted molar refractivity (Wildman–Crippen MR) is 83.7 cm³/mol. The number of para-hydroxylation sites is 2. The molecule has 1 atom stereocenters. The molecular formula is C18H16N2O2. The van der Waals surface area contributed by atoms with E-state index in [0.717, 1.165) is 12.1 Å². The highest BCUT2D eigenvalue weighted by Gasteiger charge is 2.29. The van der Waals surface area contributed by atoms with E-state index in [1.54, 1.807) is 36.1 Å². The number of nitriles is 1. The van der Waals surface area contributed by atoms with Gasteiger partial charge in [0, 0.05) is 12.2 Å². The van der Waals surface area contributed by atoms with Crippen molar-refractivity contribution >= 4 is 11.6 Å². The molecule has 4 nitrogen and oxygen atoms in total. The summed E-state index contributed by atoms with van der Waals surface area (Å²) >= 11 is 0. The molecule has 0 aliphatic carbocycles. The number of benzene rings is 2. The topological polar surface area (TPSA) is 53.3 Å². The summed E-state index contributed by atoms with van der Waals surface area (Å²) in [4.78, 5) is 14.4. The number of hydrogen-bond donors (Lipinski definition) is 0. The van der Waals surface area contributed by atoms with Crippen LogP contribution in [0.3, 0.4) is 0 Å². The first-order chi connectivity index (χ1) is 10.7. The Morgan fingerprint density at radius 3 is 2.77 bits per heavy atom. The lowest BCUT2D eigenvalue weighted by Crippen LogP contribution is -2.39. The second kappa shape index (κ2) is 5.90. The highest BCUT2D eigenvalue weighted by atomic mass is 16.5. The molecule has 0 bridgehead atoms. The molecule has 0 aromatic heterocycles. The first-order valence-corrected chi connectivity index (χ1v) is 7.26. The van der Waals surface area contributed by atoms with Crippen molar-refractivity contribution in [1.82, 2.24) is 0 Å². The SMILES string of the molecule is C[C@@H](Oc1ccccc1C#N)C(=O)N1CCc2ccccc21. The zero-order chi connectivity index (χ0) is 15.5. The fourth-order valence-corrected chi connectivity index (χ4v) is 2.69. The number of amides is 1. The number of fused-ring (bicyclic) bond motifs is 1. The lowest BCUT2D eigenvalue weighted by Gasteiger charge is -2.22. The molecule has 3 rings (SSSR count). The van der Waals surface area contributed by atoms with E-state index >= 15 is 0 Å². The Bertz CT molecular complexity index is 749. The van der Waals surface area contributed by atoms with Crippen LogP contribution in [0.4, 0.5) is 5.69 Å². The number of ether oxygens (including phenoxy) is 1. The number of carbonyl (C=O) groups is 1. The Hall–Kier alpha value is -2.80. The highest BCUT2D eigenvalue weighted by molar-refractivity contribution is 5.98. The van der Waals surface area contributed by atoms with Gasteiger partial charge in [0.1, 0.15) is 11.8 Å². The third kappa shape index (κ3) is 2.53. The first-order valence-electron chi connectivity index (χ1n) is 7.26. The van der Waals surface area contributed by atoms with Crippen molar-refractivity contribution < 1.29 is 9.53 Å². The van der Waals surface area contributed by atoms with Crippen LogP contribution < -0.4 is 9.64 Å². The van der Waals surface area contributed by atoms with Crippen LogP contribution in [0.25, 0.3) is 0 Å². The van der Waals surface area contributed by atoms with Crippen LogP contribution in [0, 0.1) is 11.3 Å². The molecule has 110 valence electrons. The molecule has 0 fully saturated rings. The lowest BCUT2D eigenvalue weighted by molar-refractivity contribution is -0.124. The Labute approximate surface area is 129 Å². The number of nitrogens with zero attached hydrogens (tertiary/aromatic N) is 2. The summed E-state index contributed by atoms with van der Waals surface area (Å²) in [6, 6.07) is 16.9. The normalized spacial score (nSPS) is 14.1. The van der Waals surface area contributed by atoms with Crippen LogP contribution in [-0.4, -0.2) is 18.6 Å². The van der Waals surface area contributed by atoms with Crippen LogP contribution in [0.1, 0.15) is 18.1 Å². The van der Waals surface area contributed by atoms with E-state index in [9.17, 15) is 4.79 Å². The van der Waals surface area contributed by atoms with Gasteiger partial charge in [-0.25, -0.2) is 0 Å². The molecule has 1 aliphatic rings. The molecule has 4 heteroatoms. The summed E-state index contributed by atoms with van der Waals surface area (Å²) in [5, 5.41) is 9.09. The lowest BCUT2D eigenvalue weighted by atomic mass is 10.2. The van der Waals surface area contributed by atoms with Gasteiger partial charge >= 0.3 is 0 Å². The molecule has 2 aromatic rings. The summed E-state index contributed by atoms with van der Waals surface area (Å²) in [5.41, 5.74) is 2.57. The summed E-state index contributed by atoms with van der Waals surface area (Å²) in [6.07, 6.45) is 0.226. The highest BCUT2D eigenvalue weighted by Crippen LogP contribution is 2.28. The third-order valence-corrected chi connectivity index (χ3v) is 3.81. The van der Waals surface area contributed by atoms with Crippen LogP contribution in [0.2, 0.25) is 0 Å². The predicted octanol–water partition coefficient (Wildman–Crippen LogP) is 2.91. The Kier molecular flexibility index (Phi) is 3.80. The Balaban J connectivity index is 1.78. The molecule has 1 heterocycles. The fourth-order valence-electron chi connectivity index (χ4n) is 2.69. The minimum atomic E-state index is -0.638. The number of rotatable bonds is 3. The van der Waals surface area contributed by atoms with Crippen molar-refractivity contribution in [3.05, 3.63) is 59.7 Å². The largest absolute Gasteiger partial charge is 0.479 e. The minimum absolute atomic E-state index is 0.0855. The van der Waals surface area contributed by atoms with E-state index in [-0.39, 0.29) is 5.91 Å². The van der Waals surface area contributed by atoms with Gasteiger partial charge in [0.15, 0.2) is 6.10 Å². The van der Waals surface area contributed by atoms with Gasteiger partial charge in [-0.05, 0) is 37.1 Å². The molecule has 2 aromatic carbocycles. The average molecular weight is 292 g/mol. The quantitative estimate of drug-likeness (QED) is 0.874. The van der Waals surface area contributed by atoms with Gasteiger partial charge in [0.25, 0.3) is 5.91 Å². The van der Waals surface area contributed by atoms with E-state index < -0.39 is 6.10 Å². The third-order valence-electron chi connectivity index (χ3n) is 3.81. The van der Waals surface area contributed by atoms with Gasteiger partial charge in [0.2, 0.25) is 0 Å². The smallest absolute Gasteiger partial charge is 0.267 e. The molecular weight excluding hydrogens is 276 g/mol. The van der Waals surface area contributed by atoms with Crippen LogP contribution >= 0.6 is 0 Å². The van der Waals surface area contributed by atoms with E-state index in [0.29, 0.717) is 17.9 Å². The van der Waals surface area contributed by atoms with Gasteiger partial charge in [-0.2, -0.15) is 5.26 Å². The van der Waals surface area contributed by atoms with Crippen molar-refractivity contribution in [2.24, 2.45) is 0 Å². The maximum Gasteiger partial charge on any atom is 0.267 e. The number of anilines is 1. The van der Waals surface area contributed by atoms with Crippen molar-refractivity contribution in [1.29, 1.82) is 5.26 Å².